The van der Waals surface area contributed by atoms with Gasteiger partial charge in [0.15, 0.2) is 0 Å². The van der Waals surface area contributed by atoms with E-state index in [0.29, 0.717) is 12.8 Å². The van der Waals surface area contributed by atoms with Crippen LogP contribution in [0, 0.1) is 12.3 Å². The van der Waals surface area contributed by atoms with E-state index < -0.39 is 24.0 Å². The molecule has 1 aromatic rings. The number of terminal acetylenes is 1. The second-order valence-electron chi connectivity index (χ2n) is 4.97. The predicted molar refractivity (Wildman–Crippen MR) is 86.9 cm³/mol. The fourth-order valence-corrected chi connectivity index (χ4v) is 1.84. The van der Waals surface area contributed by atoms with Crippen molar-refractivity contribution in [2.45, 2.75) is 31.9 Å². The third-order valence-electron chi connectivity index (χ3n) is 3.05. The van der Waals surface area contributed by atoms with E-state index in [1.54, 1.807) is 12.1 Å². The van der Waals surface area contributed by atoms with E-state index >= 15 is 0 Å². The number of rotatable bonds is 9. The first kappa shape index (κ1) is 19.0. The lowest BCUT2D eigenvalue weighted by Crippen LogP contribution is -2.45. The summed E-state index contributed by atoms with van der Waals surface area (Å²) in [6, 6.07) is 8.04. The zero-order chi connectivity index (χ0) is 17.8. The molecule has 7 heteroatoms. The lowest BCUT2D eigenvalue weighted by Gasteiger charge is -2.14. The molecule has 0 aliphatic rings. The smallest absolute Gasteiger partial charge is 0.407 e. The molecule has 0 aliphatic heterocycles. The van der Waals surface area contributed by atoms with Gasteiger partial charge in [-0.1, -0.05) is 30.3 Å². The Morgan fingerprint density at radius 1 is 1.25 bits per heavy atom. The molecule has 1 atom stereocenters. The molecule has 128 valence electrons. The molecular weight excluding hydrogens is 312 g/mol. The second kappa shape index (κ2) is 10.7. The van der Waals surface area contributed by atoms with Gasteiger partial charge in [0.05, 0.1) is 0 Å². The summed E-state index contributed by atoms with van der Waals surface area (Å²) in [6.45, 7) is -0.287. The molecule has 1 aromatic carbocycles. The summed E-state index contributed by atoms with van der Waals surface area (Å²) in [5.74, 6) is 0.646. The van der Waals surface area contributed by atoms with Crippen molar-refractivity contribution >= 4 is 18.0 Å². The van der Waals surface area contributed by atoms with Crippen molar-refractivity contribution in [1.82, 2.24) is 10.6 Å². The van der Waals surface area contributed by atoms with Crippen molar-refractivity contribution in [3.05, 3.63) is 35.9 Å². The third kappa shape index (κ3) is 7.84. The molecule has 0 heterocycles. The summed E-state index contributed by atoms with van der Waals surface area (Å²) in [5, 5.41) is 13.6. The van der Waals surface area contributed by atoms with Gasteiger partial charge in [-0.2, -0.15) is 0 Å². The maximum Gasteiger partial charge on any atom is 0.407 e. The molecule has 0 aromatic heterocycles. The van der Waals surface area contributed by atoms with E-state index in [2.05, 4.69) is 16.6 Å². The number of carboxylic acid groups (broad SMARTS) is 1. The van der Waals surface area contributed by atoms with Gasteiger partial charge < -0.3 is 20.5 Å². The van der Waals surface area contributed by atoms with Crippen molar-refractivity contribution in [3.8, 4) is 12.3 Å². The number of carboxylic acids is 1. The van der Waals surface area contributed by atoms with Gasteiger partial charge >= 0.3 is 12.1 Å². The summed E-state index contributed by atoms with van der Waals surface area (Å²) in [5.41, 5.74) is 0.816. The van der Waals surface area contributed by atoms with Crippen LogP contribution in [0.1, 0.15) is 24.8 Å². The number of hydrogen-bond donors (Lipinski definition) is 3. The molecule has 3 N–H and O–H groups in total. The Labute approximate surface area is 140 Å². The van der Waals surface area contributed by atoms with Crippen LogP contribution in [0.5, 0.6) is 0 Å². The molecule has 0 aliphatic carbocycles. The van der Waals surface area contributed by atoms with Gasteiger partial charge in [-0.25, -0.2) is 9.59 Å². The van der Waals surface area contributed by atoms with Crippen LogP contribution in [0.3, 0.4) is 0 Å². The highest BCUT2D eigenvalue weighted by molar-refractivity contribution is 5.86. The average Bonchev–Trinajstić information content (AvgIpc) is 2.58. The van der Waals surface area contributed by atoms with Gasteiger partial charge in [-0.15, -0.1) is 12.3 Å². The zero-order valence-corrected chi connectivity index (χ0v) is 13.2. The summed E-state index contributed by atoms with van der Waals surface area (Å²) >= 11 is 0. The number of unbranched alkanes of at least 4 members (excludes halogenated alkanes) is 1. The molecule has 0 saturated carbocycles. The minimum absolute atomic E-state index is 0.0815. The molecule has 2 amide bonds. The first-order valence-electron chi connectivity index (χ1n) is 7.43. The molecule has 0 saturated heterocycles. The fourth-order valence-electron chi connectivity index (χ4n) is 1.84. The second-order valence-corrected chi connectivity index (χ2v) is 4.97. The molecule has 0 bridgehead atoms. The van der Waals surface area contributed by atoms with Crippen molar-refractivity contribution in [1.29, 1.82) is 0 Å². The van der Waals surface area contributed by atoms with Crippen molar-refractivity contribution in [2.75, 3.05) is 6.54 Å². The van der Waals surface area contributed by atoms with Crippen LogP contribution in [0.2, 0.25) is 0 Å². The quantitative estimate of drug-likeness (QED) is 0.467. The normalized spacial score (nSPS) is 11.0. The number of amides is 2. The number of carbonyl (C=O) groups excluding carboxylic acids is 2. The molecular formula is C17H20N2O5. The monoisotopic (exact) mass is 332 g/mol. The van der Waals surface area contributed by atoms with Gasteiger partial charge in [0.2, 0.25) is 5.91 Å². The Balaban J connectivity index is 2.29. The lowest BCUT2D eigenvalue weighted by atomic mass is 10.1. The molecule has 0 unspecified atom stereocenters. The number of alkyl carbamates (subject to hydrolysis) is 1. The Bertz CT molecular complexity index is 595. The fraction of sp³-hybridized carbons (Fsp3) is 0.353. The Hall–Kier alpha value is -3.01. The van der Waals surface area contributed by atoms with Crippen molar-refractivity contribution in [3.63, 3.8) is 0 Å². The van der Waals surface area contributed by atoms with Crippen LogP contribution in [0.15, 0.2) is 30.3 Å². The number of hydrogen-bond acceptors (Lipinski definition) is 4. The first-order valence-corrected chi connectivity index (χ1v) is 7.43. The summed E-state index contributed by atoms with van der Waals surface area (Å²) in [7, 11) is 0. The largest absolute Gasteiger partial charge is 0.480 e. The van der Waals surface area contributed by atoms with Crippen LogP contribution in [0.25, 0.3) is 0 Å². The van der Waals surface area contributed by atoms with E-state index in [0.717, 1.165) is 5.56 Å². The number of benzene rings is 1. The highest BCUT2D eigenvalue weighted by Gasteiger charge is 2.19. The van der Waals surface area contributed by atoms with E-state index in [4.69, 9.17) is 16.3 Å². The van der Waals surface area contributed by atoms with Gasteiger partial charge in [0.1, 0.15) is 19.2 Å². The highest BCUT2D eigenvalue weighted by atomic mass is 16.5. The van der Waals surface area contributed by atoms with E-state index in [1.807, 2.05) is 18.2 Å². The Morgan fingerprint density at radius 3 is 2.58 bits per heavy atom. The molecule has 0 radical (unpaired) electrons. The van der Waals surface area contributed by atoms with E-state index in [-0.39, 0.29) is 19.6 Å². The van der Waals surface area contributed by atoms with Crippen LogP contribution in [-0.4, -0.2) is 35.7 Å². The Kier molecular flexibility index (Phi) is 8.47. The SMILES string of the molecule is C#CCCC[C@H](NC(=O)CNC(=O)OCc1ccccc1)C(=O)O. The minimum atomic E-state index is -1.15. The third-order valence-corrected chi connectivity index (χ3v) is 3.05. The number of nitrogens with one attached hydrogen (secondary N) is 2. The van der Waals surface area contributed by atoms with Crippen LogP contribution >= 0.6 is 0 Å². The topological polar surface area (TPSA) is 105 Å². The van der Waals surface area contributed by atoms with Crippen LogP contribution in [-0.2, 0) is 20.9 Å². The summed E-state index contributed by atoms with van der Waals surface area (Å²) < 4.78 is 4.94. The van der Waals surface area contributed by atoms with E-state index in [9.17, 15) is 14.4 Å². The zero-order valence-electron chi connectivity index (χ0n) is 13.2. The predicted octanol–water partition coefficient (Wildman–Crippen LogP) is 1.29. The van der Waals surface area contributed by atoms with Gasteiger partial charge in [0, 0.05) is 6.42 Å². The van der Waals surface area contributed by atoms with Gasteiger partial charge in [0.25, 0.3) is 0 Å². The average molecular weight is 332 g/mol. The molecule has 0 spiro atoms. The molecule has 7 nitrogen and oxygen atoms in total. The van der Waals surface area contributed by atoms with E-state index in [1.165, 1.54) is 0 Å². The van der Waals surface area contributed by atoms with Crippen LogP contribution < -0.4 is 10.6 Å². The van der Waals surface area contributed by atoms with Crippen molar-refractivity contribution in [2.24, 2.45) is 0 Å². The van der Waals surface area contributed by atoms with Gasteiger partial charge in [-0.05, 0) is 18.4 Å². The number of ether oxygens (including phenoxy) is 1. The Morgan fingerprint density at radius 2 is 1.96 bits per heavy atom. The highest BCUT2D eigenvalue weighted by Crippen LogP contribution is 2.01. The maximum atomic E-state index is 11.7. The van der Waals surface area contributed by atoms with Crippen LogP contribution in [0.4, 0.5) is 4.79 Å². The maximum absolute atomic E-state index is 11.7. The number of aliphatic carboxylic acids is 1. The van der Waals surface area contributed by atoms with Crippen molar-refractivity contribution < 1.29 is 24.2 Å². The molecule has 1 rings (SSSR count). The lowest BCUT2D eigenvalue weighted by molar-refractivity contribution is -0.141. The minimum Gasteiger partial charge on any atom is -0.480 e. The summed E-state index contributed by atoms with van der Waals surface area (Å²) in [6.07, 6.45) is 5.49. The van der Waals surface area contributed by atoms with Gasteiger partial charge in [-0.3, -0.25) is 4.79 Å². The summed E-state index contributed by atoms with van der Waals surface area (Å²) in [4.78, 5) is 34.2. The first-order chi connectivity index (χ1) is 11.5. The molecule has 0 fully saturated rings. The number of carbonyl (C=O) groups is 3. The standard InChI is InChI=1S/C17H20N2O5/c1-2-3-5-10-14(16(21)22)19-15(20)11-18-17(23)24-12-13-8-6-4-7-9-13/h1,4,6-9,14H,3,5,10-12H2,(H,18,23)(H,19,20)(H,21,22)/t14-/m0/s1. The molecule has 24 heavy (non-hydrogen) atoms.